The normalized spacial score (nSPS) is 19.4. The van der Waals surface area contributed by atoms with Crippen molar-refractivity contribution >= 4 is 22.8 Å². The van der Waals surface area contributed by atoms with Crippen molar-refractivity contribution in [2.45, 2.75) is 31.1 Å². The smallest absolute Gasteiger partial charge is 0.422 e. The molecule has 202 valence electrons. The molecular weight excluding hydrogens is 508 g/mol. The number of H-pyrrole nitrogens is 1. The van der Waals surface area contributed by atoms with Gasteiger partial charge in [-0.2, -0.15) is 13.2 Å². The third kappa shape index (κ3) is 4.53. The Kier molecular flexibility index (Phi) is 6.46. The number of fused-ring (bicyclic) bond motifs is 4. The summed E-state index contributed by atoms with van der Waals surface area (Å²) in [5.74, 6) is -2.03. The molecule has 2 aliphatic rings. The molecule has 5 rings (SSSR count). The summed E-state index contributed by atoms with van der Waals surface area (Å²) >= 11 is 0. The molecule has 2 N–H and O–H groups in total. The van der Waals surface area contributed by atoms with Gasteiger partial charge in [0.15, 0.2) is 18.2 Å². The molecule has 12 heteroatoms. The van der Waals surface area contributed by atoms with Crippen molar-refractivity contribution in [1.29, 1.82) is 0 Å². The van der Waals surface area contributed by atoms with Crippen LogP contribution in [0.15, 0.2) is 36.4 Å². The summed E-state index contributed by atoms with van der Waals surface area (Å²) < 4.78 is 58.4. The fourth-order valence-electron chi connectivity index (χ4n) is 5.28. The van der Waals surface area contributed by atoms with E-state index in [-0.39, 0.29) is 24.1 Å². The lowest BCUT2D eigenvalue weighted by molar-refractivity contribution is -0.153. The van der Waals surface area contributed by atoms with Gasteiger partial charge >= 0.3 is 12.2 Å². The number of nitrogens with zero attached hydrogens (tertiary/aromatic N) is 3. The average Bonchev–Trinajstić information content (AvgIpc) is 3.32. The van der Waals surface area contributed by atoms with Crippen LogP contribution in [0.2, 0.25) is 0 Å². The summed E-state index contributed by atoms with van der Waals surface area (Å²) in [5.41, 5.74) is 1.58. The summed E-state index contributed by atoms with van der Waals surface area (Å²) in [6.07, 6.45) is -4.11. The standard InChI is InChI=1S/C26H26F4N4O4/c1-32(2)9-4-10-33-24(36)18-12-16-20-17(7-8-19(21(20)27)38-13-26(28,29)30)31-22(16)23(34(18)25(33)37)14-5-3-6-15(35)11-14/h3,5-8,11,18,23,31,35H,4,9-10,12-13H2,1-2H3. The van der Waals surface area contributed by atoms with Crippen molar-refractivity contribution in [3.63, 3.8) is 0 Å². The van der Waals surface area contributed by atoms with Crippen LogP contribution < -0.4 is 4.74 Å². The minimum atomic E-state index is -4.65. The summed E-state index contributed by atoms with van der Waals surface area (Å²) in [6.45, 7) is -0.791. The lowest BCUT2D eigenvalue weighted by atomic mass is 9.88. The molecule has 2 atom stereocenters. The van der Waals surface area contributed by atoms with Gasteiger partial charge < -0.3 is 19.7 Å². The van der Waals surface area contributed by atoms with Crippen LogP contribution in [0, 0.1) is 5.82 Å². The van der Waals surface area contributed by atoms with Crippen molar-refractivity contribution in [2.24, 2.45) is 0 Å². The first-order chi connectivity index (χ1) is 18.0. The number of benzene rings is 2. The van der Waals surface area contributed by atoms with Gasteiger partial charge in [0.2, 0.25) is 0 Å². The van der Waals surface area contributed by atoms with Crippen LogP contribution in [-0.4, -0.2) is 82.7 Å². The predicted octanol–water partition coefficient (Wildman–Crippen LogP) is 4.18. The Morgan fingerprint density at radius 2 is 1.95 bits per heavy atom. The zero-order valence-corrected chi connectivity index (χ0v) is 20.7. The van der Waals surface area contributed by atoms with Gasteiger partial charge in [0.1, 0.15) is 17.8 Å². The summed E-state index contributed by atoms with van der Waals surface area (Å²) in [7, 11) is 3.77. The molecule has 1 saturated heterocycles. The fourth-order valence-corrected chi connectivity index (χ4v) is 5.28. The highest BCUT2D eigenvalue weighted by Crippen LogP contribution is 2.45. The van der Waals surface area contributed by atoms with E-state index in [0.29, 0.717) is 35.3 Å². The maximum atomic E-state index is 15.6. The number of hydrogen-bond donors (Lipinski definition) is 2. The van der Waals surface area contributed by atoms with Crippen LogP contribution in [-0.2, 0) is 11.2 Å². The van der Waals surface area contributed by atoms with E-state index < -0.39 is 48.4 Å². The Hall–Kier alpha value is -3.80. The van der Waals surface area contributed by atoms with E-state index in [1.165, 1.54) is 28.0 Å². The zero-order valence-electron chi connectivity index (χ0n) is 20.7. The van der Waals surface area contributed by atoms with E-state index in [2.05, 4.69) is 4.98 Å². The molecule has 38 heavy (non-hydrogen) atoms. The highest BCUT2D eigenvalue weighted by molar-refractivity contribution is 6.05. The number of amides is 3. The number of ether oxygens (including phenoxy) is 1. The Bertz CT molecular complexity index is 1400. The molecule has 2 aromatic carbocycles. The Morgan fingerprint density at radius 3 is 2.63 bits per heavy atom. The van der Waals surface area contributed by atoms with Gasteiger partial charge in [-0.05, 0) is 62.5 Å². The number of rotatable bonds is 7. The van der Waals surface area contributed by atoms with Gasteiger partial charge in [-0.15, -0.1) is 0 Å². The molecule has 1 aromatic heterocycles. The zero-order chi connectivity index (χ0) is 27.4. The number of imide groups is 1. The van der Waals surface area contributed by atoms with E-state index in [1.807, 2.05) is 19.0 Å². The Balaban J connectivity index is 1.61. The van der Waals surface area contributed by atoms with E-state index in [1.54, 1.807) is 12.1 Å². The van der Waals surface area contributed by atoms with Crippen LogP contribution in [0.4, 0.5) is 22.4 Å². The topological polar surface area (TPSA) is 89.1 Å². The minimum Gasteiger partial charge on any atom is -0.508 e. The maximum Gasteiger partial charge on any atom is 0.422 e. The molecule has 0 aliphatic carbocycles. The number of aromatic amines is 1. The quantitative estimate of drug-likeness (QED) is 0.351. The molecule has 2 unspecified atom stereocenters. The number of aromatic nitrogens is 1. The minimum absolute atomic E-state index is 0.00999. The first-order valence-corrected chi connectivity index (χ1v) is 12.1. The second-order valence-corrected chi connectivity index (χ2v) is 9.78. The van der Waals surface area contributed by atoms with Crippen LogP contribution in [0.1, 0.15) is 29.3 Å². The molecule has 3 amide bonds. The van der Waals surface area contributed by atoms with Gasteiger partial charge in [0, 0.05) is 29.6 Å². The van der Waals surface area contributed by atoms with Gasteiger partial charge in [0.25, 0.3) is 5.91 Å². The van der Waals surface area contributed by atoms with E-state index in [4.69, 9.17) is 4.74 Å². The highest BCUT2D eigenvalue weighted by atomic mass is 19.4. The van der Waals surface area contributed by atoms with Crippen LogP contribution in [0.5, 0.6) is 11.5 Å². The largest absolute Gasteiger partial charge is 0.508 e. The molecule has 1 fully saturated rings. The van der Waals surface area contributed by atoms with E-state index in [9.17, 15) is 27.9 Å². The molecular formula is C26H26F4N4O4. The monoisotopic (exact) mass is 534 g/mol. The van der Waals surface area contributed by atoms with Crippen LogP contribution >= 0.6 is 0 Å². The van der Waals surface area contributed by atoms with Gasteiger partial charge in [0.05, 0.1) is 0 Å². The molecule has 0 bridgehead atoms. The van der Waals surface area contributed by atoms with Crippen molar-refractivity contribution in [3.05, 3.63) is 59.0 Å². The molecule has 0 saturated carbocycles. The summed E-state index contributed by atoms with van der Waals surface area (Å²) in [5, 5.41) is 10.2. The number of phenolic OH excluding ortho intramolecular Hbond substituents is 1. The first-order valence-electron chi connectivity index (χ1n) is 12.1. The molecule has 3 heterocycles. The van der Waals surface area contributed by atoms with Crippen molar-refractivity contribution in [2.75, 3.05) is 33.8 Å². The summed E-state index contributed by atoms with van der Waals surface area (Å²) in [6, 6.07) is 6.42. The average molecular weight is 535 g/mol. The van der Waals surface area contributed by atoms with Crippen LogP contribution in [0.25, 0.3) is 10.9 Å². The molecule has 2 aliphatic heterocycles. The lowest BCUT2D eigenvalue weighted by Crippen LogP contribution is -2.44. The molecule has 3 aromatic rings. The molecule has 8 nitrogen and oxygen atoms in total. The number of urea groups is 1. The van der Waals surface area contributed by atoms with Crippen molar-refractivity contribution in [1.82, 2.24) is 19.7 Å². The van der Waals surface area contributed by atoms with E-state index in [0.717, 1.165) is 6.07 Å². The molecule has 0 spiro atoms. The number of alkyl halides is 3. The van der Waals surface area contributed by atoms with Crippen LogP contribution in [0.3, 0.4) is 0 Å². The second kappa shape index (κ2) is 9.50. The number of aromatic hydroxyl groups is 1. The van der Waals surface area contributed by atoms with E-state index >= 15 is 4.39 Å². The third-order valence-electron chi connectivity index (χ3n) is 6.85. The number of carbonyl (C=O) groups is 2. The third-order valence-corrected chi connectivity index (χ3v) is 6.85. The predicted molar refractivity (Wildman–Crippen MR) is 129 cm³/mol. The molecule has 0 radical (unpaired) electrons. The highest BCUT2D eigenvalue weighted by Gasteiger charge is 2.52. The number of halogens is 4. The number of hydrogen-bond acceptors (Lipinski definition) is 5. The Morgan fingerprint density at radius 1 is 1.18 bits per heavy atom. The summed E-state index contributed by atoms with van der Waals surface area (Å²) in [4.78, 5) is 34.7. The maximum absolute atomic E-state index is 15.6. The van der Waals surface area contributed by atoms with Gasteiger partial charge in [-0.3, -0.25) is 14.6 Å². The SMILES string of the molecule is CN(C)CCCN1C(=O)C2Cc3c([nH]c4ccc(OCC(F)(F)F)c(F)c34)C(c3cccc(O)c3)N2C1=O. The van der Waals surface area contributed by atoms with Crippen molar-refractivity contribution in [3.8, 4) is 11.5 Å². The first kappa shape index (κ1) is 25.8. The van der Waals surface area contributed by atoms with Gasteiger partial charge in [-0.1, -0.05) is 12.1 Å². The number of nitrogens with one attached hydrogen (secondary N) is 1. The van der Waals surface area contributed by atoms with Crippen molar-refractivity contribution < 1.29 is 37.0 Å². The lowest BCUT2D eigenvalue weighted by Gasteiger charge is -2.36. The van der Waals surface area contributed by atoms with Gasteiger partial charge in [-0.25, -0.2) is 9.18 Å². The number of carbonyl (C=O) groups excluding carboxylic acids is 2. The fraction of sp³-hybridized carbons (Fsp3) is 0.385. The number of phenols is 1. The Labute approximate surface area is 215 Å². The second-order valence-electron chi connectivity index (χ2n) is 9.78.